The van der Waals surface area contributed by atoms with Gasteiger partial charge in [0, 0.05) is 0 Å². The van der Waals surface area contributed by atoms with Crippen molar-refractivity contribution >= 4 is 39.1 Å². The van der Waals surface area contributed by atoms with Gasteiger partial charge in [-0.25, -0.2) is 4.99 Å². The number of aliphatic imine (C=N–C) groups is 1. The molecule has 3 nitrogen and oxygen atoms in total. The number of carbonyl (C=O) groups excluding carboxylic acids is 1. The quantitative estimate of drug-likeness (QED) is 0.795. The molecule has 1 aromatic carbocycles. The molecule has 0 aliphatic carbocycles. The molecule has 18 heavy (non-hydrogen) atoms. The predicted molar refractivity (Wildman–Crippen MR) is 79.1 cm³/mol. The number of rotatable bonds is 3. The molecule has 0 saturated carbocycles. The lowest BCUT2D eigenvalue weighted by Gasteiger charge is -2.02. The Bertz CT molecular complexity index is 506. The molecule has 0 fully saturated rings. The summed E-state index contributed by atoms with van der Waals surface area (Å²) in [6.07, 6.45) is 3.72. The summed E-state index contributed by atoms with van der Waals surface area (Å²) < 4.78 is 6.17. The van der Waals surface area contributed by atoms with E-state index in [1.165, 1.54) is 23.5 Å². The molecule has 5 heteroatoms. The Labute approximate surface area is 115 Å². The topological polar surface area (TPSA) is 38.7 Å². The lowest BCUT2D eigenvalue weighted by Crippen LogP contribution is -1.91. The third-order valence-corrected chi connectivity index (χ3v) is 4.12. The highest BCUT2D eigenvalue weighted by Gasteiger charge is 2.21. The van der Waals surface area contributed by atoms with Crippen molar-refractivity contribution in [2.75, 3.05) is 12.9 Å². The van der Waals surface area contributed by atoms with E-state index >= 15 is 0 Å². The van der Waals surface area contributed by atoms with Gasteiger partial charge in [0.25, 0.3) is 0 Å². The van der Waals surface area contributed by atoms with Gasteiger partial charge >= 0.3 is 0 Å². The minimum atomic E-state index is 0.00762. The molecule has 1 aliphatic heterocycles. The van der Waals surface area contributed by atoms with E-state index in [-0.39, 0.29) is 5.12 Å². The highest BCUT2D eigenvalue weighted by Crippen LogP contribution is 2.29. The summed E-state index contributed by atoms with van der Waals surface area (Å²) in [5.74, 6) is 0.833. The number of hydrogen-bond donors (Lipinski definition) is 0. The predicted octanol–water partition coefficient (Wildman–Crippen LogP) is 3.42. The van der Waals surface area contributed by atoms with Crippen LogP contribution in [0.5, 0.6) is 5.75 Å². The van der Waals surface area contributed by atoms with Gasteiger partial charge in [0.05, 0.1) is 6.61 Å². The molecular weight excluding hydrogens is 266 g/mol. The van der Waals surface area contributed by atoms with Gasteiger partial charge in [0.1, 0.15) is 15.8 Å². The Morgan fingerprint density at radius 1 is 1.39 bits per heavy atom. The fourth-order valence-electron chi connectivity index (χ4n) is 1.46. The SMILES string of the molecule is CCOc1ccc(C=C2N=C(SC)SC2=O)cc1. The first-order chi connectivity index (χ1) is 8.72. The van der Waals surface area contributed by atoms with Crippen LogP contribution in [-0.4, -0.2) is 22.4 Å². The van der Waals surface area contributed by atoms with Gasteiger partial charge in [0.2, 0.25) is 5.12 Å². The maximum atomic E-state index is 11.7. The van der Waals surface area contributed by atoms with E-state index in [9.17, 15) is 4.79 Å². The first kappa shape index (κ1) is 13.2. The molecule has 0 radical (unpaired) electrons. The number of ether oxygens (including phenoxy) is 1. The molecule has 0 saturated heterocycles. The lowest BCUT2D eigenvalue weighted by atomic mass is 10.2. The van der Waals surface area contributed by atoms with Gasteiger partial charge in [-0.3, -0.25) is 4.79 Å². The highest BCUT2D eigenvalue weighted by atomic mass is 32.2. The molecule has 1 aromatic rings. The maximum absolute atomic E-state index is 11.7. The largest absolute Gasteiger partial charge is 0.494 e. The van der Waals surface area contributed by atoms with Crippen molar-refractivity contribution in [3.8, 4) is 5.75 Å². The van der Waals surface area contributed by atoms with Crippen molar-refractivity contribution in [1.82, 2.24) is 0 Å². The second kappa shape index (κ2) is 6.11. The minimum Gasteiger partial charge on any atom is -0.494 e. The van der Waals surface area contributed by atoms with E-state index in [1.54, 1.807) is 6.08 Å². The van der Waals surface area contributed by atoms with Crippen LogP contribution in [0.4, 0.5) is 0 Å². The van der Waals surface area contributed by atoms with Crippen LogP contribution < -0.4 is 4.74 Å². The Morgan fingerprint density at radius 2 is 2.11 bits per heavy atom. The maximum Gasteiger partial charge on any atom is 0.244 e. The molecule has 0 unspecified atom stereocenters. The van der Waals surface area contributed by atoms with Gasteiger partial charge in [-0.1, -0.05) is 12.1 Å². The average molecular weight is 279 g/mol. The normalized spacial score (nSPS) is 17.1. The zero-order valence-corrected chi connectivity index (χ0v) is 11.8. The van der Waals surface area contributed by atoms with E-state index in [1.807, 2.05) is 37.4 Å². The van der Waals surface area contributed by atoms with Crippen LogP contribution in [0.25, 0.3) is 6.08 Å². The molecule has 2 rings (SSSR count). The van der Waals surface area contributed by atoms with Crippen LogP contribution in [0.15, 0.2) is 35.0 Å². The zero-order chi connectivity index (χ0) is 13.0. The first-order valence-electron chi connectivity index (χ1n) is 5.52. The molecular formula is C13H13NO2S2. The van der Waals surface area contributed by atoms with Crippen LogP contribution in [0, 0.1) is 0 Å². The second-order valence-corrected chi connectivity index (χ2v) is 5.52. The lowest BCUT2D eigenvalue weighted by molar-refractivity contribution is -0.107. The molecule has 0 amide bonds. The minimum absolute atomic E-state index is 0.00762. The van der Waals surface area contributed by atoms with Crippen LogP contribution in [-0.2, 0) is 4.79 Å². The van der Waals surface area contributed by atoms with E-state index in [4.69, 9.17) is 4.74 Å². The van der Waals surface area contributed by atoms with Crippen molar-refractivity contribution in [2.45, 2.75) is 6.92 Å². The van der Waals surface area contributed by atoms with Crippen LogP contribution in [0.1, 0.15) is 12.5 Å². The molecule has 0 spiro atoms. The molecule has 94 valence electrons. The molecule has 0 N–H and O–H groups in total. The van der Waals surface area contributed by atoms with Gasteiger partial charge in [-0.15, -0.1) is 11.8 Å². The second-order valence-electron chi connectivity index (χ2n) is 3.50. The average Bonchev–Trinajstić information content (AvgIpc) is 2.73. The van der Waals surface area contributed by atoms with Crippen LogP contribution in [0.3, 0.4) is 0 Å². The zero-order valence-electron chi connectivity index (χ0n) is 10.2. The smallest absolute Gasteiger partial charge is 0.244 e. The summed E-state index contributed by atoms with van der Waals surface area (Å²) in [4.78, 5) is 15.9. The summed E-state index contributed by atoms with van der Waals surface area (Å²) in [5.41, 5.74) is 1.46. The monoisotopic (exact) mass is 279 g/mol. The molecule has 1 aliphatic rings. The highest BCUT2D eigenvalue weighted by molar-refractivity contribution is 8.45. The van der Waals surface area contributed by atoms with Crippen molar-refractivity contribution in [3.63, 3.8) is 0 Å². The third kappa shape index (κ3) is 3.17. The Balaban J connectivity index is 2.17. The van der Waals surface area contributed by atoms with E-state index < -0.39 is 0 Å². The number of hydrogen-bond acceptors (Lipinski definition) is 5. The summed E-state index contributed by atoms with van der Waals surface area (Å²) in [7, 11) is 0. The number of carbonyl (C=O) groups is 1. The Kier molecular flexibility index (Phi) is 4.49. The summed E-state index contributed by atoms with van der Waals surface area (Å²) in [5, 5.41) is 0.00762. The van der Waals surface area contributed by atoms with Crippen LogP contribution in [0.2, 0.25) is 0 Å². The van der Waals surface area contributed by atoms with Crippen molar-refractivity contribution in [1.29, 1.82) is 0 Å². The Morgan fingerprint density at radius 3 is 2.67 bits per heavy atom. The van der Waals surface area contributed by atoms with Gasteiger partial charge in [-0.05, 0) is 48.7 Å². The number of thioether (sulfide) groups is 2. The summed E-state index contributed by atoms with van der Waals surface area (Å²) >= 11 is 2.68. The van der Waals surface area contributed by atoms with E-state index in [0.717, 1.165) is 15.7 Å². The van der Waals surface area contributed by atoms with E-state index in [0.29, 0.717) is 12.3 Å². The molecule has 0 bridgehead atoms. The summed E-state index contributed by atoms with van der Waals surface area (Å²) in [6.45, 7) is 2.60. The van der Waals surface area contributed by atoms with Gasteiger partial charge < -0.3 is 4.74 Å². The first-order valence-corrected chi connectivity index (χ1v) is 7.56. The third-order valence-electron chi connectivity index (χ3n) is 2.27. The fourth-order valence-corrected chi connectivity index (χ4v) is 2.72. The van der Waals surface area contributed by atoms with Gasteiger partial charge in [0.15, 0.2) is 0 Å². The van der Waals surface area contributed by atoms with Crippen LogP contribution >= 0.6 is 23.5 Å². The van der Waals surface area contributed by atoms with Gasteiger partial charge in [-0.2, -0.15) is 0 Å². The molecule has 0 aromatic heterocycles. The molecule has 1 heterocycles. The fraction of sp³-hybridized carbons (Fsp3) is 0.231. The number of benzene rings is 1. The number of nitrogens with zero attached hydrogens (tertiary/aromatic N) is 1. The standard InChI is InChI=1S/C13H13NO2S2/c1-3-16-10-6-4-9(5-7-10)8-11-12(15)18-13(14-11)17-2/h4-8H,3H2,1-2H3. The van der Waals surface area contributed by atoms with Crippen molar-refractivity contribution in [2.24, 2.45) is 4.99 Å². The Hall–Kier alpha value is -1.20. The molecule has 0 atom stereocenters. The van der Waals surface area contributed by atoms with Crippen molar-refractivity contribution in [3.05, 3.63) is 35.5 Å². The summed E-state index contributed by atoms with van der Waals surface area (Å²) in [6, 6.07) is 7.62. The van der Waals surface area contributed by atoms with Crippen molar-refractivity contribution < 1.29 is 9.53 Å². The van der Waals surface area contributed by atoms with E-state index in [2.05, 4.69) is 4.99 Å².